The molecule has 2 aromatic rings. The minimum Gasteiger partial charge on any atom is -0.372 e. The van der Waals surface area contributed by atoms with Crippen molar-refractivity contribution in [2.24, 2.45) is 11.8 Å². The topological polar surface area (TPSA) is 26.3 Å². The third-order valence-corrected chi connectivity index (χ3v) is 3.97. The number of hydrogen-bond donors (Lipinski definition) is 0. The molecule has 1 heterocycles. The zero-order chi connectivity index (χ0) is 13.9. The van der Waals surface area contributed by atoms with Gasteiger partial charge in [0.1, 0.15) is 0 Å². The van der Waals surface area contributed by atoms with Crippen LogP contribution >= 0.6 is 0 Å². The van der Waals surface area contributed by atoms with Crippen LogP contribution in [0.15, 0.2) is 60.7 Å². The van der Waals surface area contributed by atoms with Gasteiger partial charge < -0.3 is 4.74 Å². The molecule has 3 rings (SSSR count). The Morgan fingerprint density at radius 2 is 1.60 bits per heavy atom. The molecule has 1 saturated heterocycles. The van der Waals surface area contributed by atoms with Crippen molar-refractivity contribution in [3.05, 3.63) is 71.8 Å². The van der Waals surface area contributed by atoms with Crippen LogP contribution in [-0.4, -0.2) is 12.4 Å². The van der Waals surface area contributed by atoms with Crippen molar-refractivity contribution in [1.82, 2.24) is 0 Å². The molecule has 102 valence electrons. The van der Waals surface area contributed by atoms with Crippen molar-refractivity contribution in [1.29, 1.82) is 0 Å². The first kappa shape index (κ1) is 13.1. The summed E-state index contributed by atoms with van der Waals surface area (Å²) in [6.07, 6.45) is -0.126. The van der Waals surface area contributed by atoms with Crippen LogP contribution < -0.4 is 0 Å². The number of benzene rings is 2. The molecule has 2 heteroatoms. The summed E-state index contributed by atoms with van der Waals surface area (Å²) in [5, 5.41) is 0. The second kappa shape index (κ2) is 5.59. The van der Waals surface area contributed by atoms with Gasteiger partial charge in [-0.3, -0.25) is 4.79 Å². The molecule has 0 unspecified atom stereocenters. The Balaban J connectivity index is 1.92. The zero-order valence-electron chi connectivity index (χ0n) is 11.5. The second-order valence-electron chi connectivity index (χ2n) is 5.40. The van der Waals surface area contributed by atoms with Crippen molar-refractivity contribution in [3.63, 3.8) is 0 Å². The van der Waals surface area contributed by atoms with Crippen LogP contribution in [0, 0.1) is 11.8 Å². The Kier molecular flexibility index (Phi) is 3.66. The number of ether oxygens (including phenoxy) is 1. The van der Waals surface area contributed by atoms with E-state index in [1.54, 1.807) is 0 Å². The smallest absolute Gasteiger partial charge is 0.169 e. The SMILES string of the molecule is C[C@H]1CO[C@H](c2ccccc2)[C@@H]1C(=O)c1ccccc1. The van der Waals surface area contributed by atoms with Crippen LogP contribution in [0.5, 0.6) is 0 Å². The van der Waals surface area contributed by atoms with Crippen LogP contribution in [-0.2, 0) is 4.74 Å². The average Bonchev–Trinajstić information content (AvgIpc) is 2.90. The van der Waals surface area contributed by atoms with Crippen molar-refractivity contribution in [3.8, 4) is 0 Å². The summed E-state index contributed by atoms with van der Waals surface area (Å²) in [7, 11) is 0. The maximum absolute atomic E-state index is 12.8. The molecular formula is C18H18O2. The molecule has 0 saturated carbocycles. The lowest BCUT2D eigenvalue weighted by Gasteiger charge is -2.20. The van der Waals surface area contributed by atoms with Crippen LogP contribution in [0.1, 0.15) is 28.9 Å². The van der Waals surface area contributed by atoms with Gasteiger partial charge in [0.05, 0.1) is 18.6 Å². The Labute approximate surface area is 119 Å². The molecule has 1 aliphatic rings. The third kappa shape index (κ3) is 2.39. The van der Waals surface area contributed by atoms with Gasteiger partial charge in [0.2, 0.25) is 0 Å². The van der Waals surface area contributed by atoms with Crippen LogP contribution in [0.3, 0.4) is 0 Å². The van der Waals surface area contributed by atoms with E-state index >= 15 is 0 Å². The lowest BCUT2D eigenvalue weighted by Crippen LogP contribution is -2.23. The lowest BCUT2D eigenvalue weighted by molar-refractivity contribution is 0.0700. The minimum atomic E-state index is -0.126. The molecule has 1 fully saturated rings. The van der Waals surface area contributed by atoms with Crippen molar-refractivity contribution in [2.45, 2.75) is 13.0 Å². The van der Waals surface area contributed by atoms with E-state index in [2.05, 4.69) is 6.92 Å². The standard InChI is InChI=1S/C18H18O2/c1-13-12-20-18(15-10-6-3-7-11-15)16(13)17(19)14-8-4-2-5-9-14/h2-11,13,16,18H,12H2,1H3/t13-,16-,18+/m0/s1. The quantitative estimate of drug-likeness (QED) is 0.788. The molecule has 1 aliphatic heterocycles. The fourth-order valence-electron chi connectivity index (χ4n) is 2.90. The number of ketones is 1. The van der Waals surface area contributed by atoms with E-state index in [0.717, 1.165) is 11.1 Å². The molecule has 2 nitrogen and oxygen atoms in total. The van der Waals surface area contributed by atoms with E-state index in [1.165, 1.54) is 0 Å². The summed E-state index contributed by atoms with van der Waals surface area (Å²) >= 11 is 0. The highest BCUT2D eigenvalue weighted by Gasteiger charge is 2.40. The summed E-state index contributed by atoms with van der Waals surface area (Å²) in [4.78, 5) is 12.8. The highest BCUT2D eigenvalue weighted by molar-refractivity contribution is 5.98. The Morgan fingerprint density at radius 1 is 1.00 bits per heavy atom. The van der Waals surface area contributed by atoms with Gasteiger partial charge in [0, 0.05) is 5.56 Å². The van der Waals surface area contributed by atoms with E-state index < -0.39 is 0 Å². The van der Waals surface area contributed by atoms with E-state index in [1.807, 2.05) is 60.7 Å². The van der Waals surface area contributed by atoms with E-state index in [0.29, 0.717) is 6.61 Å². The summed E-state index contributed by atoms with van der Waals surface area (Å²) < 4.78 is 5.89. The Bertz CT molecular complexity index is 577. The summed E-state index contributed by atoms with van der Waals surface area (Å²) in [5.41, 5.74) is 1.86. The molecular weight excluding hydrogens is 248 g/mol. The number of Topliss-reactive ketones (excluding diaryl/α,β-unsaturated/α-hetero) is 1. The van der Waals surface area contributed by atoms with Crippen LogP contribution in [0.2, 0.25) is 0 Å². The predicted octanol–water partition coefficient (Wildman–Crippen LogP) is 3.89. The number of hydrogen-bond acceptors (Lipinski definition) is 2. The summed E-state index contributed by atoms with van der Waals surface area (Å²) in [5.74, 6) is 0.331. The van der Waals surface area contributed by atoms with Gasteiger partial charge in [-0.1, -0.05) is 67.6 Å². The molecule has 2 aromatic carbocycles. The second-order valence-corrected chi connectivity index (χ2v) is 5.40. The number of carbonyl (C=O) groups is 1. The van der Waals surface area contributed by atoms with E-state index in [-0.39, 0.29) is 23.7 Å². The van der Waals surface area contributed by atoms with Crippen LogP contribution in [0.4, 0.5) is 0 Å². The minimum absolute atomic E-state index is 0.0974. The first-order valence-electron chi connectivity index (χ1n) is 7.03. The van der Waals surface area contributed by atoms with Gasteiger partial charge in [0.15, 0.2) is 5.78 Å². The zero-order valence-corrected chi connectivity index (χ0v) is 11.5. The van der Waals surface area contributed by atoms with Crippen molar-refractivity contribution in [2.75, 3.05) is 6.61 Å². The van der Waals surface area contributed by atoms with E-state index in [9.17, 15) is 4.79 Å². The number of carbonyl (C=O) groups excluding carboxylic acids is 1. The van der Waals surface area contributed by atoms with E-state index in [4.69, 9.17) is 4.74 Å². The Morgan fingerprint density at radius 3 is 2.25 bits per heavy atom. The van der Waals surface area contributed by atoms with Crippen molar-refractivity contribution < 1.29 is 9.53 Å². The largest absolute Gasteiger partial charge is 0.372 e. The summed E-state index contributed by atoms with van der Waals surface area (Å²) in [6, 6.07) is 19.6. The molecule has 0 bridgehead atoms. The highest BCUT2D eigenvalue weighted by atomic mass is 16.5. The first-order chi connectivity index (χ1) is 9.77. The molecule has 0 aromatic heterocycles. The fraction of sp³-hybridized carbons (Fsp3) is 0.278. The maximum Gasteiger partial charge on any atom is 0.169 e. The van der Waals surface area contributed by atoms with Gasteiger partial charge in [-0.2, -0.15) is 0 Å². The van der Waals surface area contributed by atoms with Gasteiger partial charge in [-0.15, -0.1) is 0 Å². The molecule has 20 heavy (non-hydrogen) atoms. The molecule has 0 spiro atoms. The van der Waals surface area contributed by atoms with Gasteiger partial charge >= 0.3 is 0 Å². The molecule has 0 aliphatic carbocycles. The van der Waals surface area contributed by atoms with Gasteiger partial charge in [-0.05, 0) is 11.5 Å². The van der Waals surface area contributed by atoms with Crippen molar-refractivity contribution >= 4 is 5.78 Å². The maximum atomic E-state index is 12.8. The highest BCUT2D eigenvalue weighted by Crippen LogP contribution is 2.40. The lowest BCUT2D eigenvalue weighted by atomic mass is 9.82. The molecule has 3 atom stereocenters. The number of rotatable bonds is 3. The third-order valence-electron chi connectivity index (χ3n) is 3.97. The van der Waals surface area contributed by atoms with Gasteiger partial charge in [-0.25, -0.2) is 0 Å². The normalized spacial score (nSPS) is 25.6. The predicted molar refractivity (Wildman–Crippen MR) is 78.6 cm³/mol. The molecule has 0 radical (unpaired) electrons. The molecule has 0 amide bonds. The van der Waals surface area contributed by atoms with Crippen LogP contribution in [0.25, 0.3) is 0 Å². The first-order valence-corrected chi connectivity index (χ1v) is 7.03. The monoisotopic (exact) mass is 266 g/mol. The Hall–Kier alpha value is -1.93. The molecule has 0 N–H and O–H groups in total. The average molecular weight is 266 g/mol. The fourth-order valence-corrected chi connectivity index (χ4v) is 2.90. The van der Waals surface area contributed by atoms with Gasteiger partial charge in [0.25, 0.3) is 0 Å². The summed E-state index contributed by atoms with van der Waals surface area (Å²) in [6.45, 7) is 2.73.